The molecule has 0 aliphatic heterocycles. The number of methoxy groups -OCH3 is 1. The minimum absolute atomic E-state index is 0.528. The van der Waals surface area contributed by atoms with Gasteiger partial charge in [-0.05, 0) is 31.9 Å². The third-order valence-corrected chi connectivity index (χ3v) is 3.55. The fraction of sp³-hybridized carbons (Fsp3) is 0.500. The van der Waals surface area contributed by atoms with Crippen LogP contribution in [-0.2, 0) is 18.4 Å². The summed E-state index contributed by atoms with van der Waals surface area (Å²) in [5.74, 6) is 0. The Kier molecular flexibility index (Phi) is 3.09. The summed E-state index contributed by atoms with van der Waals surface area (Å²) in [6, 6.07) is 0. The molecule has 3 nitrogen and oxygen atoms in total. The van der Waals surface area contributed by atoms with Crippen LogP contribution >= 0.6 is 31.9 Å². The number of rotatable bonds is 2. The van der Waals surface area contributed by atoms with Gasteiger partial charge in [0.25, 0.3) is 0 Å². The molecule has 1 aromatic heterocycles. The van der Waals surface area contributed by atoms with Crippen molar-refractivity contribution in [3.05, 3.63) is 14.8 Å². The fourth-order valence-electron chi connectivity index (χ4n) is 0.759. The molecular weight excluding hydrogens is 276 g/mol. The average Bonchev–Trinajstić information content (AvgIpc) is 2.19. The van der Waals surface area contributed by atoms with E-state index >= 15 is 0 Å². The quantitative estimate of drug-likeness (QED) is 0.831. The largest absolute Gasteiger partial charge is 0.378 e. The maximum atomic E-state index is 4.95. The zero-order chi connectivity index (χ0) is 8.43. The second-order valence-electron chi connectivity index (χ2n) is 2.11. The number of hydrogen-bond donors (Lipinski definition) is 0. The maximum Gasteiger partial charge on any atom is 0.118 e. The highest BCUT2D eigenvalue weighted by Crippen LogP contribution is 2.25. The minimum Gasteiger partial charge on any atom is -0.378 e. The lowest BCUT2D eigenvalue weighted by molar-refractivity contribution is 0.180. The van der Waals surface area contributed by atoms with Gasteiger partial charge in [0.2, 0.25) is 0 Å². The average molecular weight is 284 g/mol. The van der Waals surface area contributed by atoms with Gasteiger partial charge in [0, 0.05) is 14.2 Å². The molecule has 1 heterocycles. The number of hydrogen-bond acceptors (Lipinski definition) is 2. The molecule has 0 bridgehead atoms. The molecule has 0 radical (unpaired) electrons. The van der Waals surface area contributed by atoms with E-state index in [1.807, 2.05) is 7.05 Å². The maximum absolute atomic E-state index is 4.95. The number of halogens is 2. The van der Waals surface area contributed by atoms with E-state index in [9.17, 15) is 0 Å². The van der Waals surface area contributed by atoms with Gasteiger partial charge < -0.3 is 4.74 Å². The zero-order valence-electron chi connectivity index (χ0n) is 6.27. The van der Waals surface area contributed by atoms with Gasteiger partial charge >= 0.3 is 0 Å². The molecule has 0 aliphatic rings. The predicted octanol–water partition coefficient (Wildman–Crippen LogP) is 2.09. The Balaban J connectivity index is 2.98. The summed E-state index contributed by atoms with van der Waals surface area (Å²) < 4.78 is 8.59. The number of aromatic nitrogens is 2. The van der Waals surface area contributed by atoms with Gasteiger partial charge in [-0.3, -0.25) is 4.68 Å². The van der Waals surface area contributed by atoms with Crippen LogP contribution in [0.3, 0.4) is 0 Å². The molecule has 0 unspecified atom stereocenters. The van der Waals surface area contributed by atoms with Crippen LogP contribution in [0.25, 0.3) is 0 Å². The van der Waals surface area contributed by atoms with E-state index < -0.39 is 0 Å². The standard InChI is InChI=1S/C6H8Br2N2O/c1-10-6(8)5(7)4(9-10)3-11-2/h3H2,1-2H3. The van der Waals surface area contributed by atoms with E-state index in [-0.39, 0.29) is 0 Å². The van der Waals surface area contributed by atoms with Gasteiger partial charge in [-0.2, -0.15) is 5.10 Å². The Bertz CT molecular complexity index is 259. The van der Waals surface area contributed by atoms with Crippen molar-refractivity contribution in [3.8, 4) is 0 Å². The minimum atomic E-state index is 0.528. The molecule has 0 spiro atoms. The molecule has 0 N–H and O–H groups in total. The first-order valence-corrected chi connectivity index (χ1v) is 4.61. The van der Waals surface area contributed by atoms with Crippen molar-refractivity contribution in [2.45, 2.75) is 6.61 Å². The molecule has 0 saturated carbocycles. The molecule has 0 aliphatic carbocycles. The molecule has 0 atom stereocenters. The van der Waals surface area contributed by atoms with Crippen LogP contribution in [-0.4, -0.2) is 16.9 Å². The monoisotopic (exact) mass is 282 g/mol. The van der Waals surface area contributed by atoms with Crippen molar-refractivity contribution >= 4 is 31.9 Å². The van der Waals surface area contributed by atoms with Crippen LogP contribution in [0.2, 0.25) is 0 Å². The van der Waals surface area contributed by atoms with E-state index in [1.165, 1.54) is 0 Å². The first-order chi connectivity index (χ1) is 5.16. The SMILES string of the molecule is COCc1nn(C)c(Br)c1Br. The first kappa shape index (κ1) is 9.22. The van der Waals surface area contributed by atoms with Crippen molar-refractivity contribution < 1.29 is 4.74 Å². The highest BCUT2D eigenvalue weighted by molar-refractivity contribution is 9.13. The van der Waals surface area contributed by atoms with Crippen LogP contribution in [0.1, 0.15) is 5.69 Å². The molecule has 5 heteroatoms. The van der Waals surface area contributed by atoms with Crippen LogP contribution in [0.5, 0.6) is 0 Å². The van der Waals surface area contributed by atoms with Crippen LogP contribution in [0.4, 0.5) is 0 Å². The number of ether oxygens (including phenoxy) is 1. The molecular formula is C6H8Br2N2O. The molecule has 0 amide bonds. The Labute approximate surface area is 82.0 Å². The zero-order valence-corrected chi connectivity index (χ0v) is 9.44. The molecule has 1 rings (SSSR count). The van der Waals surface area contributed by atoms with Crippen LogP contribution < -0.4 is 0 Å². The Morgan fingerprint density at radius 3 is 2.55 bits per heavy atom. The van der Waals surface area contributed by atoms with Crippen LogP contribution in [0, 0.1) is 0 Å². The Morgan fingerprint density at radius 2 is 2.18 bits per heavy atom. The van der Waals surface area contributed by atoms with E-state index in [2.05, 4.69) is 37.0 Å². The van der Waals surface area contributed by atoms with Crippen LogP contribution in [0.15, 0.2) is 9.08 Å². The van der Waals surface area contributed by atoms with Gasteiger partial charge in [0.15, 0.2) is 0 Å². The van der Waals surface area contributed by atoms with Gasteiger partial charge in [-0.25, -0.2) is 0 Å². The highest BCUT2D eigenvalue weighted by Gasteiger charge is 2.09. The molecule has 0 saturated heterocycles. The van der Waals surface area contributed by atoms with Gasteiger partial charge in [-0.1, -0.05) is 0 Å². The highest BCUT2D eigenvalue weighted by atomic mass is 79.9. The lowest BCUT2D eigenvalue weighted by atomic mass is 10.5. The third-order valence-electron chi connectivity index (χ3n) is 1.27. The fourth-order valence-corrected chi connectivity index (χ4v) is 1.52. The van der Waals surface area contributed by atoms with E-state index in [0.29, 0.717) is 6.61 Å². The topological polar surface area (TPSA) is 27.1 Å². The Morgan fingerprint density at radius 1 is 1.55 bits per heavy atom. The number of nitrogens with zero attached hydrogens (tertiary/aromatic N) is 2. The molecule has 0 aromatic carbocycles. The van der Waals surface area contributed by atoms with E-state index in [0.717, 1.165) is 14.8 Å². The number of aryl methyl sites for hydroxylation is 1. The predicted molar refractivity (Wildman–Crippen MR) is 49.3 cm³/mol. The van der Waals surface area contributed by atoms with Gasteiger partial charge in [0.1, 0.15) is 10.3 Å². The van der Waals surface area contributed by atoms with Crippen molar-refractivity contribution in [2.75, 3.05) is 7.11 Å². The first-order valence-electron chi connectivity index (χ1n) is 3.02. The molecule has 62 valence electrons. The third kappa shape index (κ3) is 1.83. The summed E-state index contributed by atoms with van der Waals surface area (Å²) in [7, 11) is 3.52. The summed E-state index contributed by atoms with van der Waals surface area (Å²) in [5, 5.41) is 4.20. The lowest BCUT2D eigenvalue weighted by Gasteiger charge is -1.91. The van der Waals surface area contributed by atoms with Gasteiger partial charge in [0.05, 0.1) is 11.1 Å². The van der Waals surface area contributed by atoms with Crippen molar-refractivity contribution in [1.82, 2.24) is 9.78 Å². The van der Waals surface area contributed by atoms with Crippen molar-refractivity contribution in [3.63, 3.8) is 0 Å². The van der Waals surface area contributed by atoms with E-state index in [4.69, 9.17) is 4.74 Å². The molecule has 11 heavy (non-hydrogen) atoms. The van der Waals surface area contributed by atoms with Gasteiger partial charge in [-0.15, -0.1) is 0 Å². The van der Waals surface area contributed by atoms with Crippen molar-refractivity contribution in [2.24, 2.45) is 7.05 Å². The normalized spacial score (nSPS) is 10.5. The van der Waals surface area contributed by atoms with Crippen molar-refractivity contribution in [1.29, 1.82) is 0 Å². The Hall–Kier alpha value is 0.130. The summed E-state index contributed by atoms with van der Waals surface area (Å²) in [6.45, 7) is 0.528. The summed E-state index contributed by atoms with van der Waals surface area (Å²) in [5.41, 5.74) is 0.905. The second kappa shape index (κ2) is 3.69. The summed E-state index contributed by atoms with van der Waals surface area (Å²) >= 11 is 6.76. The van der Waals surface area contributed by atoms with E-state index in [1.54, 1.807) is 11.8 Å². The lowest BCUT2D eigenvalue weighted by Crippen LogP contribution is -1.93. The smallest absolute Gasteiger partial charge is 0.118 e. The molecule has 1 aromatic rings. The second-order valence-corrected chi connectivity index (χ2v) is 3.65. The summed E-state index contributed by atoms with van der Waals surface area (Å²) in [6.07, 6.45) is 0. The molecule has 0 fully saturated rings. The summed E-state index contributed by atoms with van der Waals surface area (Å²) in [4.78, 5) is 0.